The lowest BCUT2D eigenvalue weighted by molar-refractivity contribution is 0.100. The van der Waals surface area contributed by atoms with E-state index in [9.17, 15) is 14.0 Å². The predicted octanol–water partition coefficient (Wildman–Crippen LogP) is 4.65. The molecule has 3 N–H and O–H groups in total. The number of thiophene rings is 1. The van der Waals surface area contributed by atoms with Crippen LogP contribution in [0.5, 0.6) is 0 Å². The standard InChI is InChI=1S/C22H18FN3O2S/c1-12-5-3-4-6-17(12)26-18(27)10-8-15-19(20(21(24)28)29-22(15)26)25-14-7-9-16(23)13(2)11-14/h3-11,25H,1-2H3,(H2,24,28). The molecule has 4 aromatic rings. The van der Waals surface area contributed by atoms with Crippen LogP contribution in [0, 0.1) is 19.7 Å². The molecule has 2 heterocycles. The van der Waals surface area contributed by atoms with Crippen molar-refractivity contribution >= 4 is 38.8 Å². The Hall–Kier alpha value is -3.45. The number of nitrogens with one attached hydrogen (secondary N) is 1. The minimum Gasteiger partial charge on any atom is -0.365 e. The number of benzene rings is 2. The Labute approximate surface area is 170 Å². The van der Waals surface area contributed by atoms with Gasteiger partial charge in [0.25, 0.3) is 11.5 Å². The smallest absolute Gasteiger partial charge is 0.261 e. The molecule has 0 unspecified atom stereocenters. The van der Waals surface area contributed by atoms with Gasteiger partial charge in [0.1, 0.15) is 15.5 Å². The third kappa shape index (κ3) is 3.30. The van der Waals surface area contributed by atoms with E-state index in [1.54, 1.807) is 29.7 Å². The van der Waals surface area contributed by atoms with Crippen LogP contribution in [0.15, 0.2) is 59.4 Å². The van der Waals surface area contributed by atoms with Crippen molar-refractivity contribution in [1.82, 2.24) is 4.57 Å². The summed E-state index contributed by atoms with van der Waals surface area (Å²) in [4.78, 5) is 25.8. The second kappa shape index (κ2) is 7.18. The number of rotatable bonds is 4. The van der Waals surface area contributed by atoms with E-state index in [0.29, 0.717) is 32.0 Å². The average molecular weight is 407 g/mol. The average Bonchev–Trinajstić information content (AvgIpc) is 3.04. The van der Waals surface area contributed by atoms with Crippen molar-refractivity contribution in [3.8, 4) is 5.69 Å². The van der Waals surface area contributed by atoms with E-state index in [-0.39, 0.29) is 11.4 Å². The highest BCUT2D eigenvalue weighted by atomic mass is 32.1. The molecular weight excluding hydrogens is 389 g/mol. The quantitative estimate of drug-likeness (QED) is 0.517. The molecule has 2 aromatic heterocycles. The molecule has 0 fully saturated rings. The second-order valence-corrected chi connectivity index (χ2v) is 7.77. The van der Waals surface area contributed by atoms with E-state index in [1.165, 1.54) is 12.1 Å². The summed E-state index contributed by atoms with van der Waals surface area (Å²) in [5.74, 6) is -0.912. The van der Waals surface area contributed by atoms with E-state index in [1.807, 2.05) is 31.2 Å². The SMILES string of the molecule is Cc1cc(Nc2c(C(N)=O)sc3c2ccc(=O)n3-c2ccccc2C)ccc1F. The van der Waals surface area contributed by atoms with Crippen LogP contribution >= 0.6 is 11.3 Å². The van der Waals surface area contributed by atoms with Gasteiger partial charge in [-0.05, 0) is 55.3 Å². The molecule has 0 spiro atoms. The number of anilines is 2. The van der Waals surface area contributed by atoms with Gasteiger partial charge >= 0.3 is 0 Å². The lowest BCUT2D eigenvalue weighted by Gasteiger charge is -2.11. The number of halogens is 1. The number of aromatic nitrogens is 1. The highest BCUT2D eigenvalue weighted by molar-refractivity contribution is 7.21. The third-order valence-electron chi connectivity index (χ3n) is 4.75. The van der Waals surface area contributed by atoms with Crippen LogP contribution in [-0.4, -0.2) is 10.5 Å². The van der Waals surface area contributed by atoms with Gasteiger partial charge < -0.3 is 11.1 Å². The molecule has 7 heteroatoms. The van der Waals surface area contributed by atoms with Crippen LogP contribution < -0.4 is 16.6 Å². The fourth-order valence-electron chi connectivity index (χ4n) is 3.29. The fraction of sp³-hybridized carbons (Fsp3) is 0.0909. The minimum atomic E-state index is -0.601. The Kier molecular flexibility index (Phi) is 4.68. The summed E-state index contributed by atoms with van der Waals surface area (Å²) in [5, 5.41) is 3.87. The predicted molar refractivity (Wildman–Crippen MR) is 115 cm³/mol. The molecule has 29 heavy (non-hydrogen) atoms. The molecule has 2 aromatic carbocycles. The van der Waals surface area contributed by atoms with Crippen LogP contribution in [0.4, 0.5) is 15.8 Å². The Bertz CT molecular complexity index is 1320. The number of fused-ring (bicyclic) bond motifs is 1. The molecule has 0 aliphatic rings. The monoisotopic (exact) mass is 407 g/mol. The summed E-state index contributed by atoms with van der Waals surface area (Å²) < 4.78 is 15.2. The zero-order chi connectivity index (χ0) is 20.7. The first kappa shape index (κ1) is 18.9. The molecule has 0 aliphatic heterocycles. The van der Waals surface area contributed by atoms with Gasteiger partial charge in [0, 0.05) is 17.1 Å². The zero-order valence-electron chi connectivity index (χ0n) is 15.8. The number of carbonyl (C=O) groups is 1. The number of pyridine rings is 1. The van der Waals surface area contributed by atoms with Gasteiger partial charge in [-0.2, -0.15) is 0 Å². The third-order valence-corrected chi connectivity index (χ3v) is 5.95. The van der Waals surface area contributed by atoms with Crippen molar-refractivity contribution in [3.63, 3.8) is 0 Å². The van der Waals surface area contributed by atoms with E-state index in [0.717, 1.165) is 22.6 Å². The van der Waals surface area contributed by atoms with Crippen molar-refractivity contribution in [2.24, 2.45) is 5.73 Å². The highest BCUT2D eigenvalue weighted by Crippen LogP contribution is 2.38. The number of para-hydroxylation sites is 1. The Morgan fingerprint density at radius 3 is 2.52 bits per heavy atom. The van der Waals surface area contributed by atoms with Gasteiger partial charge in [0.2, 0.25) is 0 Å². The maximum absolute atomic E-state index is 13.6. The number of primary amides is 1. The number of nitrogens with zero attached hydrogens (tertiary/aromatic N) is 1. The lowest BCUT2D eigenvalue weighted by atomic mass is 10.1. The van der Waals surface area contributed by atoms with Gasteiger partial charge in [-0.3, -0.25) is 14.2 Å². The molecule has 0 aliphatic carbocycles. The number of hydrogen-bond donors (Lipinski definition) is 2. The number of amides is 1. The van der Waals surface area contributed by atoms with E-state index in [4.69, 9.17) is 5.73 Å². The fourth-order valence-corrected chi connectivity index (χ4v) is 4.41. The molecule has 146 valence electrons. The topological polar surface area (TPSA) is 77.1 Å². The lowest BCUT2D eigenvalue weighted by Crippen LogP contribution is -2.17. The maximum Gasteiger partial charge on any atom is 0.261 e. The number of aryl methyl sites for hydroxylation is 2. The molecule has 0 saturated carbocycles. The molecule has 5 nitrogen and oxygen atoms in total. The van der Waals surface area contributed by atoms with Crippen LogP contribution in [0.2, 0.25) is 0 Å². The van der Waals surface area contributed by atoms with Gasteiger partial charge in [0.15, 0.2) is 0 Å². The summed E-state index contributed by atoms with van der Waals surface area (Å²) in [6.45, 7) is 3.58. The van der Waals surface area contributed by atoms with Crippen LogP contribution in [0.1, 0.15) is 20.8 Å². The van der Waals surface area contributed by atoms with Gasteiger partial charge in [0.05, 0.1) is 11.4 Å². The zero-order valence-corrected chi connectivity index (χ0v) is 16.6. The molecule has 0 radical (unpaired) electrons. The van der Waals surface area contributed by atoms with Gasteiger partial charge in [-0.25, -0.2) is 4.39 Å². The Morgan fingerprint density at radius 2 is 1.83 bits per heavy atom. The maximum atomic E-state index is 13.6. The largest absolute Gasteiger partial charge is 0.365 e. The first-order valence-corrected chi connectivity index (χ1v) is 9.76. The highest BCUT2D eigenvalue weighted by Gasteiger charge is 2.20. The van der Waals surface area contributed by atoms with Crippen LogP contribution in [0.3, 0.4) is 0 Å². The molecule has 1 amide bonds. The van der Waals surface area contributed by atoms with Crippen LogP contribution in [-0.2, 0) is 0 Å². The Balaban J connectivity index is 1.98. The summed E-state index contributed by atoms with van der Waals surface area (Å²) in [5.41, 5.74) is 8.71. The molecule has 0 saturated heterocycles. The summed E-state index contributed by atoms with van der Waals surface area (Å²) in [7, 11) is 0. The summed E-state index contributed by atoms with van der Waals surface area (Å²) >= 11 is 1.15. The number of nitrogens with two attached hydrogens (primary N) is 1. The minimum absolute atomic E-state index is 0.201. The molecule has 4 rings (SSSR count). The second-order valence-electron chi connectivity index (χ2n) is 6.77. The van der Waals surface area contributed by atoms with Crippen LogP contribution in [0.25, 0.3) is 15.9 Å². The summed E-state index contributed by atoms with van der Waals surface area (Å²) in [6.07, 6.45) is 0. The van der Waals surface area contributed by atoms with Crippen molar-refractivity contribution in [1.29, 1.82) is 0 Å². The molecule has 0 atom stereocenters. The molecular formula is C22H18FN3O2S. The Morgan fingerprint density at radius 1 is 1.07 bits per heavy atom. The van der Waals surface area contributed by atoms with E-state index in [2.05, 4.69) is 5.32 Å². The molecule has 0 bridgehead atoms. The van der Waals surface area contributed by atoms with Gasteiger partial charge in [-0.15, -0.1) is 11.3 Å². The van der Waals surface area contributed by atoms with Crippen molar-refractivity contribution in [2.75, 3.05) is 5.32 Å². The number of hydrogen-bond acceptors (Lipinski definition) is 4. The van der Waals surface area contributed by atoms with Crippen molar-refractivity contribution in [2.45, 2.75) is 13.8 Å². The number of carbonyl (C=O) groups excluding carboxylic acids is 1. The first-order valence-electron chi connectivity index (χ1n) is 8.94. The summed E-state index contributed by atoms with van der Waals surface area (Å²) in [6, 6.07) is 15.3. The van der Waals surface area contributed by atoms with Gasteiger partial charge in [-0.1, -0.05) is 18.2 Å². The van der Waals surface area contributed by atoms with E-state index < -0.39 is 5.91 Å². The van der Waals surface area contributed by atoms with Crippen molar-refractivity contribution < 1.29 is 9.18 Å². The first-order chi connectivity index (χ1) is 13.9. The normalized spacial score (nSPS) is 11.0. The van der Waals surface area contributed by atoms with Crippen molar-refractivity contribution in [3.05, 3.63) is 86.8 Å². The van der Waals surface area contributed by atoms with E-state index >= 15 is 0 Å².